The van der Waals surface area contributed by atoms with E-state index in [2.05, 4.69) is 10.0 Å². The highest BCUT2D eigenvalue weighted by Crippen LogP contribution is 2.22. The second kappa shape index (κ2) is 7.30. The van der Waals surface area contributed by atoms with Crippen molar-refractivity contribution in [1.82, 2.24) is 9.80 Å². The van der Waals surface area contributed by atoms with Crippen LogP contribution in [-0.2, 0) is 14.8 Å². The Bertz CT molecular complexity index is 778. The normalized spacial score (nSPS) is 18.2. The van der Waals surface area contributed by atoms with E-state index in [-0.39, 0.29) is 11.9 Å². The van der Waals surface area contributed by atoms with Gasteiger partial charge in [-0.1, -0.05) is 6.07 Å². The number of nitrogens with zero attached hydrogens (tertiary/aromatic N) is 2. The van der Waals surface area contributed by atoms with Crippen molar-refractivity contribution >= 4 is 33.3 Å². The third kappa shape index (κ3) is 4.62. The van der Waals surface area contributed by atoms with Crippen LogP contribution in [0.5, 0.6) is 0 Å². The van der Waals surface area contributed by atoms with Gasteiger partial charge in [0.25, 0.3) is 0 Å². The molecule has 0 aromatic heterocycles. The Balaban J connectivity index is 2.15. The molecule has 1 fully saturated rings. The predicted molar refractivity (Wildman–Crippen MR) is 97.1 cm³/mol. The molecule has 25 heavy (non-hydrogen) atoms. The van der Waals surface area contributed by atoms with Crippen molar-refractivity contribution < 1.29 is 18.0 Å². The number of urea groups is 1. The highest BCUT2D eigenvalue weighted by atomic mass is 32.2. The minimum Gasteiger partial charge on any atom is -0.339 e. The molecule has 1 aromatic rings. The fourth-order valence-electron chi connectivity index (χ4n) is 2.74. The van der Waals surface area contributed by atoms with Gasteiger partial charge < -0.3 is 15.1 Å². The molecule has 0 bridgehead atoms. The minimum atomic E-state index is -3.40. The zero-order valence-corrected chi connectivity index (χ0v) is 15.7. The number of rotatable bonds is 4. The van der Waals surface area contributed by atoms with Gasteiger partial charge in [0.15, 0.2) is 0 Å². The van der Waals surface area contributed by atoms with Crippen molar-refractivity contribution in [2.45, 2.75) is 26.8 Å². The number of carbonyl (C=O) groups is 2. The summed E-state index contributed by atoms with van der Waals surface area (Å²) in [6.07, 6.45) is 1.06. The molecule has 1 saturated heterocycles. The van der Waals surface area contributed by atoms with E-state index >= 15 is 0 Å². The van der Waals surface area contributed by atoms with Crippen molar-refractivity contribution in [2.24, 2.45) is 0 Å². The van der Waals surface area contributed by atoms with Crippen LogP contribution in [-0.4, -0.2) is 62.1 Å². The lowest BCUT2D eigenvalue weighted by Crippen LogP contribution is -2.58. The van der Waals surface area contributed by atoms with Crippen LogP contribution in [0.15, 0.2) is 18.2 Å². The lowest BCUT2D eigenvalue weighted by molar-refractivity contribution is -0.138. The first-order valence-corrected chi connectivity index (χ1v) is 9.96. The lowest BCUT2D eigenvalue weighted by Gasteiger charge is -2.38. The number of benzene rings is 1. The summed E-state index contributed by atoms with van der Waals surface area (Å²) in [5.74, 6) is -0.0758. The Kier molecular flexibility index (Phi) is 5.56. The van der Waals surface area contributed by atoms with E-state index in [0.29, 0.717) is 31.0 Å². The summed E-state index contributed by atoms with van der Waals surface area (Å²) in [6, 6.07) is 3.98. The first-order chi connectivity index (χ1) is 11.6. The van der Waals surface area contributed by atoms with E-state index in [9.17, 15) is 18.0 Å². The Labute approximate surface area is 148 Å². The van der Waals surface area contributed by atoms with E-state index < -0.39 is 16.1 Å². The molecular weight excluding hydrogens is 344 g/mol. The molecule has 2 rings (SSSR count). The first kappa shape index (κ1) is 19.0. The summed E-state index contributed by atoms with van der Waals surface area (Å²) < 4.78 is 25.1. The molecule has 1 atom stereocenters. The number of nitrogens with one attached hydrogen (secondary N) is 2. The molecule has 3 amide bonds. The van der Waals surface area contributed by atoms with Crippen LogP contribution in [0.3, 0.4) is 0 Å². The fraction of sp³-hybridized carbons (Fsp3) is 0.500. The van der Waals surface area contributed by atoms with Gasteiger partial charge in [-0.15, -0.1) is 0 Å². The number of carbonyl (C=O) groups excluding carboxylic acids is 2. The van der Waals surface area contributed by atoms with Gasteiger partial charge in [0.2, 0.25) is 15.9 Å². The molecule has 1 aliphatic rings. The summed E-state index contributed by atoms with van der Waals surface area (Å²) in [5.41, 5.74) is 1.65. The highest BCUT2D eigenvalue weighted by Gasteiger charge is 2.33. The van der Waals surface area contributed by atoms with Gasteiger partial charge in [-0.2, -0.15) is 0 Å². The maximum absolute atomic E-state index is 12.6. The molecule has 1 aliphatic heterocycles. The van der Waals surface area contributed by atoms with Crippen LogP contribution in [0.4, 0.5) is 16.2 Å². The summed E-state index contributed by atoms with van der Waals surface area (Å²) >= 11 is 0. The third-order valence-electron chi connectivity index (χ3n) is 4.17. The van der Waals surface area contributed by atoms with Crippen LogP contribution < -0.4 is 10.0 Å². The maximum Gasteiger partial charge on any atom is 0.322 e. The largest absolute Gasteiger partial charge is 0.339 e. The number of likely N-dealkylation sites (N-methyl/N-ethyl adjacent to an activating group) is 1. The van der Waals surface area contributed by atoms with Crippen LogP contribution >= 0.6 is 0 Å². The first-order valence-electron chi connectivity index (χ1n) is 8.07. The Morgan fingerprint density at radius 1 is 1.32 bits per heavy atom. The SMILES string of the molecule is CCN1CCN(C(=O)Nc2cc(NS(C)(=O)=O)ccc2C)C(C)C1=O. The van der Waals surface area contributed by atoms with Gasteiger partial charge in [-0.25, -0.2) is 13.2 Å². The lowest BCUT2D eigenvalue weighted by atomic mass is 10.1. The van der Waals surface area contributed by atoms with Gasteiger partial charge in [-0.05, 0) is 38.5 Å². The van der Waals surface area contributed by atoms with Gasteiger partial charge >= 0.3 is 6.03 Å². The maximum atomic E-state index is 12.6. The average molecular weight is 368 g/mol. The predicted octanol–water partition coefficient (Wildman–Crippen LogP) is 1.45. The molecule has 8 nitrogen and oxygen atoms in total. The zero-order valence-electron chi connectivity index (χ0n) is 14.9. The quantitative estimate of drug-likeness (QED) is 0.840. The number of piperazine rings is 1. The van der Waals surface area contributed by atoms with E-state index in [1.165, 1.54) is 4.90 Å². The van der Waals surface area contributed by atoms with Crippen molar-refractivity contribution in [3.63, 3.8) is 0 Å². The monoisotopic (exact) mass is 368 g/mol. The fourth-order valence-corrected chi connectivity index (χ4v) is 3.30. The summed E-state index contributed by atoms with van der Waals surface area (Å²) in [5, 5.41) is 2.77. The van der Waals surface area contributed by atoms with Crippen LogP contribution in [0.1, 0.15) is 19.4 Å². The average Bonchev–Trinajstić information content (AvgIpc) is 2.51. The molecule has 0 spiro atoms. The number of amides is 3. The number of sulfonamides is 1. The summed E-state index contributed by atoms with van der Waals surface area (Å²) in [6.45, 7) is 7.00. The van der Waals surface area contributed by atoms with E-state index in [0.717, 1.165) is 11.8 Å². The second-order valence-corrected chi connectivity index (χ2v) is 7.87. The molecule has 1 aromatic carbocycles. The minimum absolute atomic E-state index is 0.0758. The smallest absolute Gasteiger partial charge is 0.322 e. The van der Waals surface area contributed by atoms with Gasteiger partial charge in [0.1, 0.15) is 6.04 Å². The molecule has 0 aliphatic carbocycles. The van der Waals surface area contributed by atoms with E-state index in [1.54, 1.807) is 30.0 Å². The Morgan fingerprint density at radius 3 is 2.60 bits per heavy atom. The molecule has 0 radical (unpaired) electrons. The van der Waals surface area contributed by atoms with E-state index in [1.807, 2.05) is 13.8 Å². The van der Waals surface area contributed by atoms with Crippen molar-refractivity contribution in [2.75, 3.05) is 35.9 Å². The Morgan fingerprint density at radius 2 is 2.00 bits per heavy atom. The molecule has 9 heteroatoms. The Hall–Kier alpha value is -2.29. The molecule has 2 N–H and O–H groups in total. The molecular formula is C16H24N4O4S. The summed E-state index contributed by atoms with van der Waals surface area (Å²) in [4.78, 5) is 28.0. The van der Waals surface area contributed by atoms with E-state index in [4.69, 9.17) is 0 Å². The van der Waals surface area contributed by atoms with Crippen LogP contribution in [0.2, 0.25) is 0 Å². The van der Waals surface area contributed by atoms with Gasteiger partial charge in [-0.3, -0.25) is 9.52 Å². The van der Waals surface area contributed by atoms with Crippen molar-refractivity contribution in [3.8, 4) is 0 Å². The van der Waals surface area contributed by atoms with Crippen LogP contribution in [0.25, 0.3) is 0 Å². The highest BCUT2D eigenvalue weighted by molar-refractivity contribution is 7.92. The topological polar surface area (TPSA) is 98.8 Å². The van der Waals surface area contributed by atoms with Gasteiger partial charge in [0, 0.05) is 25.3 Å². The molecule has 1 unspecified atom stereocenters. The number of hydrogen-bond donors (Lipinski definition) is 2. The standard InChI is InChI=1S/C16H24N4O4S/c1-5-19-8-9-20(12(3)15(19)21)16(22)17-14-10-13(7-6-11(14)2)18-25(4,23)24/h6-7,10,12,18H,5,8-9H2,1-4H3,(H,17,22). The van der Waals surface area contributed by atoms with Crippen LogP contribution in [0, 0.1) is 6.92 Å². The summed E-state index contributed by atoms with van der Waals surface area (Å²) in [7, 11) is -3.40. The van der Waals surface area contributed by atoms with Gasteiger partial charge in [0.05, 0.1) is 11.9 Å². The molecule has 138 valence electrons. The number of hydrogen-bond acceptors (Lipinski definition) is 4. The second-order valence-electron chi connectivity index (χ2n) is 6.12. The van der Waals surface area contributed by atoms with Crippen molar-refractivity contribution in [3.05, 3.63) is 23.8 Å². The number of anilines is 2. The zero-order chi connectivity index (χ0) is 18.8. The van der Waals surface area contributed by atoms with Crippen molar-refractivity contribution in [1.29, 1.82) is 0 Å². The third-order valence-corrected chi connectivity index (χ3v) is 4.78. The molecule has 1 heterocycles. The number of aryl methyl sites for hydroxylation is 1. The molecule has 0 saturated carbocycles.